The van der Waals surface area contributed by atoms with Crippen LogP contribution in [-0.2, 0) is 18.2 Å². The molecule has 1 heterocycles. The highest BCUT2D eigenvalue weighted by atomic mass is 35.5. The normalized spacial score (nSPS) is 13.2. The summed E-state index contributed by atoms with van der Waals surface area (Å²) >= 11 is 6.22. The van der Waals surface area contributed by atoms with E-state index >= 15 is 0 Å². The Labute approximate surface area is 123 Å². The molecule has 0 saturated heterocycles. The number of nitrogens with zero attached hydrogens (tertiary/aromatic N) is 2. The summed E-state index contributed by atoms with van der Waals surface area (Å²) in [6.45, 7) is 4.46. The Morgan fingerprint density at radius 3 is 2.65 bits per heavy atom. The Morgan fingerprint density at radius 2 is 2.15 bits per heavy atom. The number of ether oxygens (including phenoxy) is 1. The van der Waals surface area contributed by atoms with Crippen molar-refractivity contribution >= 4 is 11.6 Å². The largest absolute Gasteiger partial charge is 0.375 e. The summed E-state index contributed by atoms with van der Waals surface area (Å²) in [4.78, 5) is 0. The number of aryl methyl sites for hydroxylation is 2. The van der Waals surface area contributed by atoms with Gasteiger partial charge in [-0.3, -0.25) is 4.68 Å². The van der Waals surface area contributed by atoms with Crippen LogP contribution in [0.25, 0.3) is 0 Å². The predicted octanol–water partition coefficient (Wildman–Crippen LogP) is 2.57. The lowest BCUT2D eigenvalue weighted by atomic mass is 10.1. The predicted molar refractivity (Wildman–Crippen MR) is 75.6 cm³/mol. The minimum absolute atomic E-state index is 0.130. The van der Waals surface area contributed by atoms with Crippen molar-refractivity contribution in [3.05, 3.63) is 16.4 Å². The van der Waals surface area contributed by atoms with E-state index in [1.54, 1.807) is 4.68 Å². The van der Waals surface area contributed by atoms with E-state index < -0.39 is 13.0 Å². The minimum Gasteiger partial charge on any atom is -0.375 e. The Bertz CT molecular complexity index is 413. The second-order valence-electron chi connectivity index (χ2n) is 4.68. The van der Waals surface area contributed by atoms with Crippen molar-refractivity contribution in [2.45, 2.75) is 39.2 Å². The topological polar surface area (TPSA) is 39.1 Å². The quantitative estimate of drug-likeness (QED) is 0.713. The molecule has 20 heavy (non-hydrogen) atoms. The standard InChI is InChI=1S/C13H22ClF2N3O/c1-4-17-10(5-6-20-8-12(15)16)7-11-13(14)9(2)18-19(11)3/h10,12,17H,4-8H2,1-3H3. The Hall–Kier alpha value is -0.720. The first kappa shape index (κ1) is 17.3. The van der Waals surface area contributed by atoms with E-state index in [-0.39, 0.29) is 6.04 Å². The molecule has 0 aliphatic carbocycles. The summed E-state index contributed by atoms with van der Waals surface area (Å²) in [5.41, 5.74) is 1.75. The van der Waals surface area contributed by atoms with Gasteiger partial charge in [0, 0.05) is 26.1 Å². The Balaban J connectivity index is 2.53. The van der Waals surface area contributed by atoms with E-state index in [2.05, 4.69) is 10.4 Å². The summed E-state index contributed by atoms with van der Waals surface area (Å²) in [7, 11) is 1.85. The number of halogens is 3. The molecule has 0 bridgehead atoms. The fourth-order valence-corrected chi connectivity index (χ4v) is 2.34. The van der Waals surface area contributed by atoms with Gasteiger partial charge in [-0.1, -0.05) is 18.5 Å². The van der Waals surface area contributed by atoms with Gasteiger partial charge in [-0.15, -0.1) is 0 Å². The molecule has 0 aliphatic heterocycles. The van der Waals surface area contributed by atoms with E-state index in [0.717, 1.165) is 17.9 Å². The first-order valence-corrected chi connectivity index (χ1v) is 7.10. The van der Waals surface area contributed by atoms with Gasteiger partial charge in [0.1, 0.15) is 6.61 Å². The number of alkyl halides is 2. The zero-order chi connectivity index (χ0) is 15.1. The highest BCUT2D eigenvalue weighted by Gasteiger charge is 2.16. The second kappa shape index (κ2) is 8.54. The molecule has 1 atom stereocenters. The number of nitrogens with one attached hydrogen (secondary N) is 1. The lowest BCUT2D eigenvalue weighted by Crippen LogP contribution is -2.33. The smallest absolute Gasteiger partial charge is 0.261 e. The van der Waals surface area contributed by atoms with E-state index in [4.69, 9.17) is 16.3 Å². The molecule has 1 unspecified atom stereocenters. The van der Waals surface area contributed by atoms with Crippen molar-refractivity contribution in [1.29, 1.82) is 0 Å². The van der Waals surface area contributed by atoms with Crippen LogP contribution >= 0.6 is 11.6 Å². The molecule has 0 aliphatic rings. The first-order chi connectivity index (χ1) is 9.45. The molecule has 0 fully saturated rings. The monoisotopic (exact) mass is 309 g/mol. The van der Waals surface area contributed by atoms with Crippen molar-refractivity contribution in [2.24, 2.45) is 7.05 Å². The van der Waals surface area contributed by atoms with Crippen molar-refractivity contribution in [2.75, 3.05) is 19.8 Å². The maximum Gasteiger partial charge on any atom is 0.261 e. The molecule has 4 nitrogen and oxygen atoms in total. The van der Waals surface area contributed by atoms with Crippen molar-refractivity contribution in [3.8, 4) is 0 Å². The maximum absolute atomic E-state index is 12.0. The Morgan fingerprint density at radius 1 is 1.45 bits per heavy atom. The van der Waals surface area contributed by atoms with E-state index in [9.17, 15) is 8.78 Å². The van der Waals surface area contributed by atoms with Gasteiger partial charge < -0.3 is 10.1 Å². The van der Waals surface area contributed by atoms with Gasteiger partial charge in [0.25, 0.3) is 6.43 Å². The lowest BCUT2D eigenvalue weighted by molar-refractivity contribution is 0.0144. The molecule has 1 N–H and O–H groups in total. The van der Waals surface area contributed by atoms with Gasteiger partial charge in [0.05, 0.1) is 16.4 Å². The number of aromatic nitrogens is 2. The number of hydrogen-bond donors (Lipinski definition) is 1. The molecule has 0 spiro atoms. The van der Waals surface area contributed by atoms with Crippen molar-refractivity contribution < 1.29 is 13.5 Å². The molecular weight excluding hydrogens is 288 g/mol. The Kier molecular flexibility index (Phi) is 7.40. The molecule has 0 radical (unpaired) electrons. The molecule has 0 amide bonds. The summed E-state index contributed by atoms with van der Waals surface area (Å²) in [5, 5.41) is 8.26. The number of likely N-dealkylation sites (N-methyl/N-ethyl adjacent to an activating group) is 1. The molecule has 1 rings (SSSR count). The van der Waals surface area contributed by atoms with E-state index in [1.165, 1.54) is 0 Å². The van der Waals surface area contributed by atoms with Crippen molar-refractivity contribution in [3.63, 3.8) is 0 Å². The van der Waals surface area contributed by atoms with Crippen molar-refractivity contribution in [1.82, 2.24) is 15.1 Å². The van der Waals surface area contributed by atoms with E-state index in [1.807, 2.05) is 20.9 Å². The summed E-state index contributed by atoms with van der Waals surface area (Å²) in [6, 6.07) is 0.130. The summed E-state index contributed by atoms with van der Waals surface area (Å²) < 4.78 is 30.7. The fourth-order valence-electron chi connectivity index (χ4n) is 2.10. The maximum atomic E-state index is 12.0. The minimum atomic E-state index is -2.42. The lowest BCUT2D eigenvalue weighted by Gasteiger charge is -2.18. The summed E-state index contributed by atoms with van der Waals surface area (Å²) in [6.07, 6.45) is -1.06. The number of hydrogen-bond acceptors (Lipinski definition) is 3. The molecule has 7 heteroatoms. The average molecular weight is 310 g/mol. The third-order valence-electron chi connectivity index (χ3n) is 3.05. The highest BCUT2D eigenvalue weighted by molar-refractivity contribution is 6.31. The van der Waals surface area contributed by atoms with Crippen LogP contribution in [0.2, 0.25) is 5.02 Å². The average Bonchev–Trinajstić information content (AvgIpc) is 2.61. The van der Waals surface area contributed by atoms with Gasteiger partial charge in [0.2, 0.25) is 0 Å². The molecule has 0 aromatic carbocycles. The molecular formula is C13H22ClF2N3O. The van der Waals surface area contributed by atoms with Crippen LogP contribution < -0.4 is 5.32 Å². The van der Waals surface area contributed by atoms with Gasteiger partial charge in [-0.05, 0) is 19.9 Å². The number of rotatable bonds is 9. The van der Waals surface area contributed by atoms with Crippen LogP contribution in [-0.4, -0.2) is 42.0 Å². The van der Waals surface area contributed by atoms with Crippen LogP contribution in [0.5, 0.6) is 0 Å². The fraction of sp³-hybridized carbons (Fsp3) is 0.769. The molecule has 116 valence electrons. The highest BCUT2D eigenvalue weighted by Crippen LogP contribution is 2.21. The third-order valence-corrected chi connectivity index (χ3v) is 3.54. The zero-order valence-corrected chi connectivity index (χ0v) is 12.9. The first-order valence-electron chi connectivity index (χ1n) is 6.72. The summed E-state index contributed by atoms with van der Waals surface area (Å²) in [5.74, 6) is 0. The third kappa shape index (κ3) is 5.34. The van der Waals surface area contributed by atoms with Crippen LogP contribution in [0.3, 0.4) is 0 Å². The van der Waals surface area contributed by atoms with Gasteiger partial charge in [-0.25, -0.2) is 8.78 Å². The van der Waals surface area contributed by atoms with Crippen LogP contribution in [0.4, 0.5) is 8.78 Å². The SMILES string of the molecule is CCNC(CCOCC(F)F)Cc1c(Cl)c(C)nn1C. The molecule has 1 aromatic heterocycles. The van der Waals surface area contributed by atoms with Gasteiger partial charge in [0.15, 0.2) is 0 Å². The van der Waals surface area contributed by atoms with Gasteiger partial charge >= 0.3 is 0 Å². The van der Waals surface area contributed by atoms with Gasteiger partial charge in [-0.2, -0.15) is 5.10 Å². The van der Waals surface area contributed by atoms with Crippen LogP contribution in [0.15, 0.2) is 0 Å². The van der Waals surface area contributed by atoms with E-state index in [0.29, 0.717) is 24.5 Å². The molecule has 1 aromatic rings. The second-order valence-corrected chi connectivity index (χ2v) is 5.06. The molecule has 0 saturated carbocycles. The zero-order valence-electron chi connectivity index (χ0n) is 12.1. The van der Waals surface area contributed by atoms with Crippen LogP contribution in [0.1, 0.15) is 24.7 Å². The van der Waals surface area contributed by atoms with Crippen LogP contribution in [0, 0.1) is 6.92 Å².